The second-order valence-electron chi connectivity index (χ2n) is 12.4. The molecule has 0 aliphatic carbocycles. The minimum absolute atomic E-state index is 0.276. The van der Waals surface area contributed by atoms with Crippen LogP contribution in [0.4, 0.5) is 0 Å². The van der Waals surface area contributed by atoms with Crippen molar-refractivity contribution in [1.29, 1.82) is 0 Å². The van der Waals surface area contributed by atoms with Gasteiger partial charge in [0.1, 0.15) is 42.1 Å². The maximum absolute atomic E-state index is 13.0. The number of aliphatic imine (C=N–C) groups is 1. The lowest BCUT2D eigenvalue weighted by molar-refractivity contribution is -0.136. The van der Waals surface area contributed by atoms with Gasteiger partial charge in [-0.2, -0.15) is 0 Å². The van der Waals surface area contributed by atoms with E-state index in [1.165, 1.54) is 11.2 Å². The van der Waals surface area contributed by atoms with Crippen molar-refractivity contribution in [3.05, 3.63) is 95.6 Å². The monoisotopic (exact) mass is 659 g/mol. The number of ether oxygens (including phenoxy) is 3. The number of aliphatic hydroxyl groups is 3. The predicted molar refractivity (Wildman–Crippen MR) is 175 cm³/mol. The number of rotatable bonds is 10. The molecule has 0 saturated carbocycles. The van der Waals surface area contributed by atoms with E-state index in [2.05, 4.69) is 20.9 Å². The molecule has 3 aromatic rings. The first kappa shape index (κ1) is 33.4. The fourth-order valence-corrected chi connectivity index (χ4v) is 6.76. The number of nitrogens with zero attached hydrogens (tertiary/aromatic N) is 2. The summed E-state index contributed by atoms with van der Waals surface area (Å²) in [6.45, 7) is 3.47. The molecule has 13 nitrogen and oxygen atoms in total. The molecule has 4 unspecified atom stereocenters. The summed E-state index contributed by atoms with van der Waals surface area (Å²) in [7, 11) is 3.14. The Kier molecular flexibility index (Phi) is 9.41. The third-order valence-electron chi connectivity index (χ3n) is 9.33. The fraction of sp³-hybridized carbons (Fsp3) is 0.400. The van der Waals surface area contributed by atoms with Gasteiger partial charge < -0.3 is 45.1 Å². The number of benzene rings is 3. The van der Waals surface area contributed by atoms with Gasteiger partial charge in [-0.1, -0.05) is 68.4 Å². The summed E-state index contributed by atoms with van der Waals surface area (Å²) >= 11 is 0. The van der Waals surface area contributed by atoms with Gasteiger partial charge in [-0.15, -0.1) is 0 Å². The summed E-state index contributed by atoms with van der Waals surface area (Å²) in [5.74, 6) is 0.204. The largest absolute Gasteiger partial charge is 0.497 e. The van der Waals surface area contributed by atoms with Crippen molar-refractivity contribution in [3.63, 3.8) is 0 Å². The maximum atomic E-state index is 13.0. The quantitative estimate of drug-likeness (QED) is 0.170. The first-order chi connectivity index (χ1) is 23.1. The molecule has 13 heteroatoms. The van der Waals surface area contributed by atoms with E-state index in [9.17, 15) is 24.9 Å². The van der Waals surface area contributed by atoms with Crippen molar-refractivity contribution in [1.82, 2.24) is 20.9 Å². The van der Waals surface area contributed by atoms with Crippen LogP contribution in [0, 0.1) is 5.92 Å². The molecule has 3 aromatic carbocycles. The maximum Gasteiger partial charge on any atom is 0.251 e. The summed E-state index contributed by atoms with van der Waals surface area (Å²) in [5.41, 5.74) is 0.742. The molecule has 3 aliphatic heterocycles. The Bertz CT molecular complexity index is 1570. The third-order valence-corrected chi connectivity index (χ3v) is 9.33. The minimum Gasteiger partial charge on any atom is -0.497 e. The Balaban J connectivity index is 1.39. The van der Waals surface area contributed by atoms with Crippen molar-refractivity contribution in [2.45, 2.75) is 68.4 Å². The molecule has 48 heavy (non-hydrogen) atoms. The SMILES string of the molecule is COc1ccc(C(c2ccccc2)(c2ccc(OC)cc2)C(O)[C@H]2O[C@@H](N3C=NC4C(=O)NC(NC(=O)C(C)C)NC43)[C@H](O)[C@@H]2O)cc1. The lowest BCUT2D eigenvalue weighted by atomic mass is 9.64. The zero-order valence-electron chi connectivity index (χ0n) is 27.1. The molecular formula is C35H41N5O8. The molecule has 2 fully saturated rings. The highest BCUT2D eigenvalue weighted by Gasteiger charge is 2.58. The molecule has 0 radical (unpaired) electrons. The summed E-state index contributed by atoms with van der Waals surface area (Å²) in [5, 5.41) is 44.3. The normalized spacial score (nSPS) is 27.4. The second kappa shape index (κ2) is 13.5. The van der Waals surface area contributed by atoms with Gasteiger partial charge in [0.15, 0.2) is 18.6 Å². The van der Waals surface area contributed by atoms with Gasteiger partial charge in [0.25, 0.3) is 5.91 Å². The van der Waals surface area contributed by atoms with Gasteiger partial charge in [-0.05, 0) is 41.0 Å². The minimum atomic E-state index is -1.55. The summed E-state index contributed by atoms with van der Waals surface area (Å²) < 4.78 is 17.3. The molecule has 0 spiro atoms. The van der Waals surface area contributed by atoms with Crippen LogP contribution in [0.2, 0.25) is 0 Å². The molecule has 0 aromatic heterocycles. The molecule has 8 atom stereocenters. The Morgan fingerprint density at radius 1 is 0.917 bits per heavy atom. The Morgan fingerprint density at radius 2 is 1.48 bits per heavy atom. The van der Waals surface area contributed by atoms with Crippen molar-refractivity contribution in [2.24, 2.45) is 10.9 Å². The zero-order valence-corrected chi connectivity index (χ0v) is 27.1. The number of fused-ring (bicyclic) bond motifs is 1. The molecular weight excluding hydrogens is 618 g/mol. The number of carbonyl (C=O) groups is 2. The second-order valence-corrected chi connectivity index (χ2v) is 12.4. The van der Waals surface area contributed by atoms with E-state index in [4.69, 9.17) is 14.2 Å². The zero-order chi connectivity index (χ0) is 34.2. The van der Waals surface area contributed by atoms with E-state index in [1.54, 1.807) is 52.3 Å². The molecule has 6 rings (SSSR count). The topological polar surface area (TPSA) is 174 Å². The summed E-state index contributed by atoms with van der Waals surface area (Å²) in [6.07, 6.45) is -7.40. The van der Waals surface area contributed by atoms with Crippen LogP contribution < -0.4 is 25.4 Å². The molecule has 254 valence electrons. The van der Waals surface area contributed by atoms with Gasteiger partial charge >= 0.3 is 0 Å². The Labute approximate surface area is 278 Å². The molecule has 6 N–H and O–H groups in total. The highest BCUT2D eigenvalue weighted by Crippen LogP contribution is 2.47. The van der Waals surface area contributed by atoms with Crippen molar-refractivity contribution in [3.8, 4) is 11.5 Å². The number of aliphatic hydroxyl groups excluding tert-OH is 3. The summed E-state index contributed by atoms with van der Waals surface area (Å²) in [6, 6.07) is 23.0. The van der Waals surface area contributed by atoms with Crippen LogP contribution in [0.25, 0.3) is 0 Å². The molecule has 3 heterocycles. The number of nitrogens with one attached hydrogen (secondary N) is 3. The van der Waals surface area contributed by atoms with Crippen LogP contribution in [0.15, 0.2) is 83.9 Å². The highest BCUT2D eigenvalue weighted by molar-refractivity contribution is 5.88. The average molecular weight is 660 g/mol. The molecule has 0 bridgehead atoms. The Morgan fingerprint density at radius 3 is 2.02 bits per heavy atom. The van der Waals surface area contributed by atoms with Crippen LogP contribution in [0.3, 0.4) is 0 Å². The number of hydrogen-bond acceptors (Lipinski definition) is 11. The van der Waals surface area contributed by atoms with E-state index in [1.807, 2.05) is 54.6 Å². The van der Waals surface area contributed by atoms with Crippen LogP contribution in [-0.2, 0) is 19.7 Å². The number of carbonyl (C=O) groups excluding carboxylic acids is 2. The van der Waals surface area contributed by atoms with Gasteiger partial charge in [0, 0.05) is 5.92 Å². The average Bonchev–Trinajstić information content (AvgIpc) is 3.66. The predicted octanol–water partition coefficient (Wildman–Crippen LogP) is 0.660. The van der Waals surface area contributed by atoms with Crippen LogP contribution in [-0.4, -0.2) is 102 Å². The third kappa shape index (κ3) is 5.77. The van der Waals surface area contributed by atoms with Crippen LogP contribution >= 0.6 is 0 Å². The van der Waals surface area contributed by atoms with E-state index in [0.29, 0.717) is 28.2 Å². The number of methoxy groups -OCH3 is 2. The van der Waals surface area contributed by atoms with Gasteiger partial charge in [-0.3, -0.25) is 19.9 Å². The molecule has 3 aliphatic rings. The molecule has 2 amide bonds. The highest BCUT2D eigenvalue weighted by atomic mass is 16.6. The van der Waals surface area contributed by atoms with E-state index >= 15 is 0 Å². The van der Waals surface area contributed by atoms with E-state index < -0.39 is 60.5 Å². The lowest BCUT2D eigenvalue weighted by Crippen LogP contribution is -2.72. The van der Waals surface area contributed by atoms with Crippen molar-refractivity contribution < 1.29 is 39.1 Å². The van der Waals surface area contributed by atoms with E-state index in [-0.39, 0.29) is 11.8 Å². The summed E-state index contributed by atoms with van der Waals surface area (Å²) in [4.78, 5) is 31.2. The van der Waals surface area contributed by atoms with Crippen LogP contribution in [0.5, 0.6) is 11.5 Å². The van der Waals surface area contributed by atoms with E-state index in [0.717, 1.165) is 0 Å². The van der Waals surface area contributed by atoms with Crippen molar-refractivity contribution in [2.75, 3.05) is 14.2 Å². The van der Waals surface area contributed by atoms with Gasteiger partial charge in [0.2, 0.25) is 5.91 Å². The Hall–Kier alpha value is -4.53. The fourth-order valence-electron chi connectivity index (χ4n) is 6.76. The van der Waals surface area contributed by atoms with Gasteiger partial charge in [-0.25, -0.2) is 0 Å². The number of amides is 2. The smallest absolute Gasteiger partial charge is 0.251 e. The first-order valence-electron chi connectivity index (χ1n) is 15.8. The van der Waals surface area contributed by atoms with Gasteiger partial charge in [0.05, 0.1) is 26.0 Å². The van der Waals surface area contributed by atoms with Crippen LogP contribution in [0.1, 0.15) is 30.5 Å². The standard InChI is InChI=1S/C35H41N5O8/c1-19(2)31(44)38-34-37-30-25(32(45)39-34)36-18-40(30)33-27(42)26(41)28(48-33)29(43)35(20-8-6-5-7-9-20,21-10-14-23(46-3)15-11-21)22-12-16-24(47-4)17-13-22/h5-19,25-30,33-34,37,41-43H,1-4H3,(H,38,44)(H,39,45)/t25?,26-,27+,28-,29?,30?,33+,34?/m0/s1. The first-order valence-corrected chi connectivity index (χ1v) is 15.8. The number of hydrogen-bond donors (Lipinski definition) is 6. The van der Waals surface area contributed by atoms with Crippen molar-refractivity contribution >= 4 is 18.2 Å². The molecule has 2 saturated heterocycles. The lowest BCUT2D eigenvalue weighted by Gasteiger charge is -2.43.